The summed E-state index contributed by atoms with van der Waals surface area (Å²) >= 11 is 0. The van der Waals surface area contributed by atoms with Gasteiger partial charge in [0.1, 0.15) is 6.04 Å². The summed E-state index contributed by atoms with van der Waals surface area (Å²) in [6, 6.07) is 13.3. The van der Waals surface area contributed by atoms with Gasteiger partial charge in [0.25, 0.3) is 11.8 Å². The van der Waals surface area contributed by atoms with Crippen LogP contribution in [0, 0.1) is 11.8 Å². The highest BCUT2D eigenvalue weighted by Gasteiger charge is 2.25. The van der Waals surface area contributed by atoms with Gasteiger partial charge in [0, 0.05) is 23.2 Å². The Hall–Kier alpha value is -3.18. The Balaban J connectivity index is 2.04. The molecule has 2 atom stereocenters. The topological polar surface area (TPSA) is 102 Å². The number of amides is 2. The summed E-state index contributed by atoms with van der Waals surface area (Å²) in [5.74, 6) is 4.68. The molecule has 0 fully saturated rings. The molecule has 0 aliphatic carbocycles. The highest BCUT2D eigenvalue weighted by Crippen LogP contribution is 2.07. The van der Waals surface area contributed by atoms with E-state index < -0.39 is 24.0 Å². The lowest BCUT2D eigenvalue weighted by atomic mass is 10.1. The maximum absolute atomic E-state index is 12.3. The van der Waals surface area contributed by atoms with Crippen molar-refractivity contribution < 1.29 is 19.9 Å². The number of hydrogen-bond donors (Lipinski definition) is 4. The molecule has 0 radical (unpaired) electrons. The molecule has 152 valence electrons. The van der Waals surface area contributed by atoms with Crippen LogP contribution in [0.1, 0.15) is 34.0 Å². The van der Waals surface area contributed by atoms with E-state index in [1.807, 2.05) is 38.4 Å². The standard InChI is InChI=1S/C22H25N3O4/c1-15(26)20(22(28)24-29)23-21(27)19-12-10-17(11-13-19)5-4-16-6-8-18(9-7-16)14-25(2)3/h6-13,15,20,26,29H,14H2,1-3H3,(H,23,27)(H,24,28). The van der Waals surface area contributed by atoms with Gasteiger partial charge in [-0.3, -0.25) is 14.8 Å². The number of rotatable bonds is 6. The molecule has 29 heavy (non-hydrogen) atoms. The van der Waals surface area contributed by atoms with Crippen LogP contribution in [0.2, 0.25) is 0 Å². The molecule has 2 rings (SSSR count). The maximum Gasteiger partial charge on any atom is 0.268 e. The van der Waals surface area contributed by atoms with Gasteiger partial charge < -0.3 is 15.3 Å². The molecule has 0 saturated heterocycles. The summed E-state index contributed by atoms with van der Waals surface area (Å²) in [5, 5.41) is 20.7. The molecular weight excluding hydrogens is 370 g/mol. The zero-order valence-corrected chi connectivity index (χ0v) is 16.6. The van der Waals surface area contributed by atoms with E-state index in [1.54, 1.807) is 24.3 Å². The van der Waals surface area contributed by atoms with Crippen molar-refractivity contribution in [2.45, 2.75) is 25.6 Å². The van der Waals surface area contributed by atoms with Crippen molar-refractivity contribution in [1.29, 1.82) is 0 Å². The normalized spacial score (nSPS) is 12.5. The predicted molar refractivity (Wildman–Crippen MR) is 109 cm³/mol. The molecule has 7 heteroatoms. The van der Waals surface area contributed by atoms with Gasteiger partial charge in [-0.05, 0) is 63.0 Å². The molecule has 7 nitrogen and oxygen atoms in total. The van der Waals surface area contributed by atoms with Crippen LogP contribution >= 0.6 is 0 Å². The lowest BCUT2D eigenvalue weighted by Gasteiger charge is -2.19. The number of benzene rings is 2. The number of aliphatic hydroxyl groups excluding tert-OH is 1. The van der Waals surface area contributed by atoms with Crippen molar-refractivity contribution in [3.05, 3.63) is 70.8 Å². The van der Waals surface area contributed by atoms with Gasteiger partial charge in [-0.15, -0.1) is 0 Å². The number of nitrogens with zero attached hydrogens (tertiary/aromatic N) is 1. The fourth-order valence-corrected chi connectivity index (χ4v) is 2.61. The quantitative estimate of drug-likeness (QED) is 0.334. The van der Waals surface area contributed by atoms with Crippen LogP contribution in [0.4, 0.5) is 0 Å². The Morgan fingerprint density at radius 3 is 1.97 bits per heavy atom. The van der Waals surface area contributed by atoms with Crippen LogP contribution in [-0.4, -0.2) is 53.3 Å². The lowest BCUT2D eigenvalue weighted by molar-refractivity contribution is -0.133. The number of carbonyl (C=O) groups excluding carboxylic acids is 2. The van der Waals surface area contributed by atoms with E-state index in [2.05, 4.69) is 22.1 Å². The Morgan fingerprint density at radius 1 is 1.00 bits per heavy atom. The third-order valence-corrected chi connectivity index (χ3v) is 4.11. The summed E-state index contributed by atoms with van der Waals surface area (Å²) < 4.78 is 0. The molecule has 0 spiro atoms. The van der Waals surface area contributed by atoms with Gasteiger partial charge in [0.2, 0.25) is 0 Å². The highest BCUT2D eigenvalue weighted by atomic mass is 16.5. The minimum absolute atomic E-state index is 0.306. The number of hydroxylamine groups is 1. The Labute approximate surface area is 170 Å². The predicted octanol–water partition coefficient (Wildman–Crippen LogP) is 1.13. The fraction of sp³-hybridized carbons (Fsp3) is 0.273. The van der Waals surface area contributed by atoms with Gasteiger partial charge in [-0.2, -0.15) is 0 Å². The number of carbonyl (C=O) groups is 2. The Kier molecular flexibility index (Phi) is 7.92. The summed E-state index contributed by atoms with van der Waals surface area (Å²) in [4.78, 5) is 25.9. The first-order valence-corrected chi connectivity index (χ1v) is 9.09. The first-order chi connectivity index (χ1) is 13.8. The molecule has 0 aromatic heterocycles. The van der Waals surface area contributed by atoms with Crippen molar-refractivity contribution in [2.75, 3.05) is 14.1 Å². The van der Waals surface area contributed by atoms with E-state index >= 15 is 0 Å². The van der Waals surface area contributed by atoms with E-state index in [9.17, 15) is 14.7 Å². The Bertz CT molecular complexity index is 894. The maximum atomic E-state index is 12.3. The van der Waals surface area contributed by atoms with Crippen LogP contribution in [0.15, 0.2) is 48.5 Å². The second-order valence-electron chi connectivity index (χ2n) is 6.93. The smallest absolute Gasteiger partial charge is 0.268 e. The average Bonchev–Trinajstić information content (AvgIpc) is 2.70. The van der Waals surface area contributed by atoms with Gasteiger partial charge in [0.15, 0.2) is 0 Å². The average molecular weight is 395 g/mol. The summed E-state index contributed by atoms with van der Waals surface area (Å²) in [5.41, 5.74) is 4.57. The minimum Gasteiger partial charge on any atom is -0.391 e. The van der Waals surface area contributed by atoms with Crippen molar-refractivity contribution in [1.82, 2.24) is 15.7 Å². The summed E-state index contributed by atoms with van der Waals surface area (Å²) in [6.45, 7) is 2.21. The fourth-order valence-electron chi connectivity index (χ4n) is 2.61. The first-order valence-electron chi connectivity index (χ1n) is 9.09. The van der Waals surface area contributed by atoms with Crippen LogP contribution < -0.4 is 10.8 Å². The van der Waals surface area contributed by atoms with E-state index in [-0.39, 0.29) is 0 Å². The summed E-state index contributed by atoms with van der Waals surface area (Å²) in [6.07, 6.45) is -1.17. The molecule has 0 saturated carbocycles. The van der Waals surface area contributed by atoms with E-state index in [4.69, 9.17) is 5.21 Å². The number of aliphatic hydroxyl groups is 1. The molecule has 0 aliphatic heterocycles. The molecule has 2 aromatic carbocycles. The van der Waals surface area contributed by atoms with Crippen molar-refractivity contribution in [3.63, 3.8) is 0 Å². The second kappa shape index (κ2) is 10.4. The molecular formula is C22H25N3O4. The molecule has 0 heterocycles. The second-order valence-corrected chi connectivity index (χ2v) is 6.93. The van der Waals surface area contributed by atoms with Crippen molar-refractivity contribution in [3.8, 4) is 11.8 Å². The SMILES string of the molecule is CC(O)C(NC(=O)c1ccc(C#Cc2ccc(CN(C)C)cc2)cc1)C(=O)NO. The molecule has 2 amide bonds. The van der Waals surface area contributed by atoms with Gasteiger partial charge in [-0.25, -0.2) is 5.48 Å². The molecule has 0 aliphatic rings. The van der Waals surface area contributed by atoms with Crippen LogP contribution in [0.5, 0.6) is 0 Å². The van der Waals surface area contributed by atoms with E-state index in [0.29, 0.717) is 5.56 Å². The van der Waals surface area contributed by atoms with Gasteiger partial charge in [-0.1, -0.05) is 24.0 Å². The monoisotopic (exact) mass is 395 g/mol. The van der Waals surface area contributed by atoms with E-state index in [1.165, 1.54) is 18.0 Å². The van der Waals surface area contributed by atoms with Crippen molar-refractivity contribution in [2.24, 2.45) is 0 Å². The van der Waals surface area contributed by atoms with Crippen LogP contribution in [0.25, 0.3) is 0 Å². The van der Waals surface area contributed by atoms with Crippen LogP contribution in [-0.2, 0) is 11.3 Å². The summed E-state index contributed by atoms with van der Waals surface area (Å²) in [7, 11) is 4.03. The molecule has 0 bridgehead atoms. The third kappa shape index (κ3) is 6.73. The lowest BCUT2D eigenvalue weighted by Crippen LogP contribution is -2.51. The van der Waals surface area contributed by atoms with Gasteiger partial charge in [0.05, 0.1) is 6.10 Å². The van der Waals surface area contributed by atoms with Gasteiger partial charge >= 0.3 is 0 Å². The van der Waals surface area contributed by atoms with Crippen LogP contribution in [0.3, 0.4) is 0 Å². The number of nitrogens with one attached hydrogen (secondary N) is 2. The zero-order valence-electron chi connectivity index (χ0n) is 16.6. The molecule has 2 aromatic rings. The first kappa shape index (κ1) is 22.1. The van der Waals surface area contributed by atoms with E-state index in [0.717, 1.165) is 17.7 Å². The third-order valence-electron chi connectivity index (χ3n) is 4.11. The number of hydrogen-bond acceptors (Lipinski definition) is 5. The molecule has 2 unspecified atom stereocenters. The largest absolute Gasteiger partial charge is 0.391 e. The zero-order chi connectivity index (χ0) is 21.4. The Morgan fingerprint density at radius 2 is 1.52 bits per heavy atom. The minimum atomic E-state index is -1.26. The molecule has 4 N–H and O–H groups in total. The van der Waals surface area contributed by atoms with Crippen molar-refractivity contribution >= 4 is 11.8 Å². The highest BCUT2D eigenvalue weighted by molar-refractivity contribution is 5.97.